The normalized spacial score (nSPS) is 19.4. The van der Waals surface area contributed by atoms with Crippen molar-refractivity contribution in [3.05, 3.63) is 27.9 Å². The number of hydrogen-bond acceptors (Lipinski definition) is 3. The summed E-state index contributed by atoms with van der Waals surface area (Å²) in [6, 6.07) is 1.53. The molecule has 1 fully saturated rings. The van der Waals surface area contributed by atoms with Gasteiger partial charge < -0.3 is 9.72 Å². The fourth-order valence-electron chi connectivity index (χ4n) is 2.82. The molecule has 1 saturated carbocycles. The number of nitrogens with one attached hydrogen (secondary N) is 1. The van der Waals surface area contributed by atoms with Crippen LogP contribution < -0.4 is 5.56 Å². The zero-order valence-corrected chi connectivity index (χ0v) is 11.3. The van der Waals surface area contributed by atoms with Gasteiger partial charge in [0, 0.05) is 18.4 Å². The van der Waals surface area contributed by atoms with Crippen molar-refractivity contribution in [1.29, 1.82) is 0 Å². The Hall–Kier alpha value is -1.16. The minimum absolute atomic E-state index is 0.0826. The number of aromatic nitrogens is 2. The van der Waals surface area contributed by atoms with Crippen LogP contribution in [0.2, 0.25) is 0 Å². The molecule has 0 atom stereocenters. The van der Waals surface area contributed by atoms with Crippen molar-refractivity contribution >= 4 is 0 Å². The predicted octanol–water partition coefficient (Wildman–Crippen LogP) is 2.66. The van der Waals surface area contributed by atoms with E-state index in [4.69, 9.17) is 4.74 Å². The molecule has 1 aliphatic rings. The van der Waals surface area contributed by atoms with Gasteiger partial charge in [0.25, 0.3) is 5.56 Å². The fourth-order valence-corrected chi connectivity index (χ4v) is 2.82. The first kappa shape index (κ1) is 13.3. The molecule has 18 heavy (non-hydrogen) atoms. The van der Waals surface area contributed by atoms with Crippen LogP contribution in [0.5, 0.6) is 0 Å². The van der Waals surface area contributed by atoms with E-state index in [1.165, 1.54) is 18.9 Å². The van der Waals surface area contributed by atoms with Crippen LogP contribution in [0.3, 0.4) is 0 Å². The lowest BCUT2D eigenvalue weighted by molar-refractivity contribution is -0.0627. The fraction of sp³-hybridized carbons (Fsp3) is 0.714. The van der Waals surface area contributed by atoms with Crippen molar-refractivity contribution in [3.63, 3.8) is 0 Å². The summed E-state index contributed by atoms with van der Waals surface area (Å²) in [5, 5.41) is 0. The molecule has 1 aliphatic carbocycles. The molecule has 0 unspecified atom stereocenters. The molecular weight excluding hydrogens is 228 g/mol. The Balaban J connectivity index is 2.41. The van der Waals surface area contributed by atoms with Crippen molar-refractivity contribution in [2.45, 2.75) is 58.0 Å². The monoisotopic (exact) mass is 250 g/mol. The maximum absolute atomic E-state index is 11.6. The number of ether oxygens (including phenoxy) is 1. The van der Waals surface area contributed by atoms with E-state index >= 15 is 0 Å². The molecule has 4 nitrogen and oxygen atoms in total. The van der Waals surface area contributed by atoms with Crippen molar-refractivity contribution < 1.29 is 4.74 Å². The van der Waals surface area contributed by atoms with E-state index in [1.54, 1.807) is 0 Å². The molecule has 1 aromatic heterocycles. The largest absolute Gasteiger partial charge is 0.367 e. The molecule has 100 valence electrons. The van der Waals surface area contributed by atoms with E-state index in [9.17, 15) is 4.79 Å². The summed E-state index contributed by atoms with van der Waals surface area (Å²) in [4.78, 5) is 19.0. The van der Waals surface area contributed by atoms with E-state index < -0.39 is 0 Å². The number of aryl methyl sites for hydroxylation is 1. The number of nitrogens with zero attached hydrogens (tertiary/aromatic N) is 1. The molecule has 1 N–H and O–H groups in total. The second kappa shape index (κ2) is 5.65. The van der Waals surface area contributed by atoms with E-state index in [0.29, 0.717) is 6.61 Å². The maximum atomic E-state index is 11.6. The molecule has 0 aromatic carbocycles. The summed E-state index contributed by atoms with van der Waals surface area (Å²) in [6.07, 6.45) is 6.66. The van der Waals surface area contributed by atoms with E-state index in [1.807, 2.05) is 13.8 Å². The van der Waals surface area contributed by atoms with Gasteiger partial charge in [0.2, 0.25) is 0 Å². The summed E-state index contributed by atoms with van der Waals surface area (Å²) < 4.78 is 6.01. The Labute approximate surface area is 108 Å². The third kappa shape index (κ3) is 2.80. The molecule has 0 amide bonds. The quantitative estimate of drug-likeness (QED) is 0.839. The topological polar surface area (TPSA) is 55.0 Å². The van der Waals surface area contributed by atoms with Crippen molar-refractivity contribution in [2.24, 2.45) is 0 Å². The van der Waals surface area contributed by atoms with Gasteiger partial charge in [-0.1, -0.05) is 25.7 Å². The predicted molar refractivity (Wildman–Crippen MR) is 70.6 cm³/mol. The summed E-state index contributed by atoms with van der Waals surface area (Å²) >= 11 is 0. The highest BCUT2D eigenvalue weighted by molar-refractivity contribution is 5.08. The SMILES string of the molecule is CCOC1(c2nc(C)cc(=O)[nH]2)CCCCCC1. The number of aromatic amines is 1. The van der Waals surface area contributed by atoms with Gasteiger partial charge in [-0.25, -0.2) is 4.98 Å². The third-order valence-corrected chi connectivity index (χ3v) is 3.63. The molecular formula is C14H22N2O2. The average molecular weight is 250 g/mol. The zero-order chi connectivity index (χ0) is 13.0. The van der Waals surface area contributed by atoms with Crippen molar-refractivity contribution in [2.75, 3.05) is 6.61 Å². The van der Waals surface area contributed by atoms with Gasteiger partial charge in [-0.2, -0.15) is 0 Å². The standard InChI is InChI=1S/C14H22N2O2/c1-3-18-14(8-6-4-5-7-9-14)13-15-11(2)10-12(17)16-13/h10H,3-9H2,1-2H3,(H,15,16,17). The highest BCUT2D eigenvalue weighted by Gasteiger charge is 2.36. The Kier molecular flexibility index (Phi) is 4.17. The van der Waals surface area contributed by atoms with Crippen LogP contribution in [0.4, 0.5) is 0 Å². The van der Waals surface area contributed by atoms with Crippen molar-refractivity contribution in [3.8, 4) is 0 Å². The average Bonchev–Trinajstić information content (AvgIpc) is 2.55. The van der Waals surface area contributed by atoms with Gasteiger partial charge in [0.05, 0.1) is 0 Å². The van der Waals surface area contributed by atoms with Crippen LogP contribution in [0, 0.1) is 6.92 Å². The molecule has 0 aliphatic heterocycles. The summed E-state index contributed by atoms with van der Waals surface area (Å²) in [7, 11) is 0. The molecule has 1 heterocycles. The van der Waals surface area contributed by atoms with E-state index in [0.717, 1.165) is 37.2 Å². The molecule has 0 bridgehead atoms. The van der Waals surface area contributed by atoms with Gasteiger partial charge in [-0.05, 0) is 26.7 Å². The molecule has 4 heteroatoms. The second-order valence-corrected chi connectivity index (χ2v) is 5.08. The highest BCUT2D eigenvalue weighted by Crippen LogP contribution is 2.37. The number of rotatable bonds is 3. The van der Waals surface area contributed by atoms with Gasteiger partial charge in [0.1, 0.15) is 11.4 Å². The first-order valence-corrected chi connectivity index (χ1v) is 6.89. The molecule has 0 saturated heterocycles. The van der Waals surface area contributed by atoms with Crippen LogP contribution >= 0.6 is 0 Å². The first-order chi connectivity index (χ1) is 8.66. The number of hydrogen-bond donors (Lipinski definition) is 1. The second-order valence-electron chi connectivity index (χ2n) is 5.08. The lowest BCUT2D eigenvalue weighted by Gasteiger charge is -2.31. The third-order valence-electron chi connectivity index (χ3n) is 3.63. The van der Waals surface area contributed by atoms with Gasteiger partial charge in [-0.15, -0.1) is 0 Å². The number of H-pyrrole nitrogens is 1. The molecule has 0 radical (unpaired) electrons. The Bertz CT molecular complexity index is 445. The van der Waals surface area contributed by atoms with Gasteiger partial charge in [-0.3, -0.25) is 4.79 Å². The van der Waals surface area contributed by atoms with E-state index in [2.05, 4.69) is 9.97 Å². The summed E-state index contributed by atoms with van der Waals surface area (Å²) in [6.45, 7) is 4.51. The Morgan fingerprint density at radius 3 is 2.56 bits per heavy atom. The van der Waals surface area contributed by atoms with Crippen LogP contribution in [0.15, 0.2) is 10.9 Å². The van der Waals surface area contributed by atoms with Crippen LogP contribution in [0.1, 0.15) is 57.0 Å². The minimum Gasteiger partial charge on any atom is -0.367 e. The first-order valence-electron chi connectivity index (χ1n) is 6.89. The molecule has 0 spiro atoms. The van der Waals surface area contributed by atoms with Crippen LogP contribution in [-0.4, -0.2) is 16.6 Å². The van der Waals surface area contributed by atoms with Crippen LogP contribution in [-0.2, 0) is 10.3 Å². The van der Waals surface area contributed by atoms with Crippen molar-refractivity contribution in [1.82, 2.24) is 9.97 Å². The maximum Gasteiger partial charge on any atom is 0.251 e. The van der Waals surface area contributed by atoms with E-state index in [-0.39, 0.29) is 11.2 Å². The minimum atomic E-state index is -0.379. The summed E-state index contributed by atoms with van der Waals surface area (Å²) in [5.74, 6) is 0.719. The van der Waals surface area contributed by atoms with Gasteiger partial charge >= 0.3 is 0 Å². The van der Waals surface area contributed by atoms with Gasteiger partial charge in [0.15, 0.2) is 0 Å². The highest BCUT2D eigenvalue weighted by atomic mass is 16.5. The lowest BCUT2D eigenvalue weighted by Crippen LogP contribution is -2.34. The van der Waals surface area contributed by atoms with Crippen LogP contribution in [0.25, 0.3) is 0 Å². The summed E-state index contributed by atoms with van der Waals surface area (Å²) in [5.41, 5.74) is 0.300. The molecule has 2 rings (SSSR count). The Morgan fingerprint density at radius 2 is 2.00 bits per heavy atom. The molecule has 1 aromatic rings. The smallest absolute Gasteiger partial charge is 0.251 e. The lowest BCUT2D eigenvalue weighted by atomic mass is 9.93. The zero-order valence-electron chi connectivity index (χ0n) is 11.3. The Morgan fingerprint density at radius 1 is 1.33 bits per heavy atom.